The van der Waals surface area contributed by atoms with Crippen LogP contribution in [0.3, 0.4) is 0 Å². The molecule has 1 aliphatic rings. The highest BCUT2D eigenvalue weighted by molar-refractivity contribution is 5.95. The first-order valence-corrected chi connectivity index (χ1v) is 6.91. The van der Waals surface area contributed by atoms with E-state index in [2.05, 4.69) is 17.4 Å². The van der Waals surface area contributed by atoms with Gasteiger partial charge < -0.3 is 10.1 Å². The number of rotatable bonds is 3. The van der Waals surface area contributed by atoms with Crippen molar-refractivity contribution in [3.63, 3.8) is 0 Å². The molecule has 0 spiro atoms. The number of carbonyl (C=O) groups excluding carboxylic acids is 1. The van der Waals surface area contributed by atoms with Crippen LogP contribution in [-0.2, 0) is 11.2 Å². The van der Waals surface area contributed by atoms with Crippen LogP contribution in [-0.4, -0.2) is 13.1 Å². The van der Waals surface area contributed by atoms with Crippen molar-refractivity contribution in [2.75, 3.05) is 12.4 Å². The smallest absolute Gasteiger partial charge is 0.340 e. The van der Waals surface area contributed by atoms with E-state index in [1.165, 1.54) is 30.4 Å². The van der Waals surface area contributed by atoms with Gasteiger partial charge in [0, 0.05) is 5.69 Å². The molecule has 108 valence electrons. The second-order valence-corrected chi connectivity index (χ2v) is 5.12. The summed E-state index contributed by atoms with van der Waals surface area (Å²) in [6.45, 7) is 0. The van der Waals surface area contributed by atoms with Crippen LogP contribution in [0.15, 0.2) is 42.5 Å². The lowest BCUT2D eigenvalue weighted by molar-refractivity contribution is 0.0601. The van der Waals surface area contributed by atoms with E-state index in [4.69, 9.17) is 4.74 Å². The number of carbonyl (C=O) groups is 1. The average Bonchev–Trinajstić information content (AvgIpc) is 2.91. The summed E-state index contributed by atoms with van der Waals surface area (Å²) >= 11 is 0. The third-order valence-electron chi connectivity index (χ3n) is 3.85. The molecule has 0 radical (unpaired) electrons. The molecule has 1 atom stereocenters. The Bertz CT molecular complexity index is 684. The molecule has 1 N–H and O–H groups in total. The Morgan fingerprint density at radius 2 is 2.10 bits per heavy atom. The van der Waals surface area contributed by atoms with Gasteiger partial charge in [0.25, 0.3) is 0 Å². The van der Waals surface area contributed by atoms with Crippen molar-refractivity contribution in [3.05, 3.63) is 65.0 Å². The molecule has 0 aromatic heterocycles. The van der Waals surface area contributed by atoms with Crippen LogP contribution in [0.1, 0.15) is 33.9 Å². The number of esters is 1. The van der Waals surface area contributed by atoms with E-state index in [1.54, 1.807) is 6.07 Å². The normalized spacial score (nSPS) is 16.4. The van der Waals surface area contributed by atoms with Crippen LogP contribution in [0.2, 0.25) is 0 Å². The molecule has 0 fully saturated rings. The number of halogens is 1. The zero-order chi connectivity index (χ0) is 14.8. The number of aryl methyl sites for hydroxylation is 1. The van der Waals surface area contributed by atoms with Gasteiger partial charge in [-0.2, -0.15) is 0 Å². The topological polar surface area (TPSA) is 38.3 Å². The van der Waals surface area contributed by atoms with Crippen LogP contribution in [0.25, 0.3) is 0 Å². The highest BCUT2D eigenvalue weighted by Crippen LogP contribution is 2.34. The van der Waals surface area contributed by atoms with E-state index in [1.807, 2.05) is 12.1 Å². The fourth-order valence-electron chi connectivity index (χ4n) is 2.82. The van der Waals surface area contributed by atoms with Gasteiger partial charge in [0.2, 0.25) is 0 Å². The Morgan fingerprint density at radius 3 is 2.90 bits per heavy atom. The first kappa shape index (κ1) is 13.6. The van der Waals surface area contributed by atoms with Crippen LogP contribution in [0, 0.1) is 5.82 Å². The second kappa shape index (κ2) is 5.56. The second-order valence-electron chi connectivity index (χ2n) is 5.12. The summed E-state index contributed by atoms with van der Waals surface area (Å²) in [5, 5.41) is 3.34. The molecule has 3 nitrogen and oxygen atoms in total. The summed E-state index contributed by atoms with van der Waals surface area (Å²) < 4.78 is 18.1. The van der Waals surface area contributed by atoms with Crippen molar-refractivity contribution >= 4 is 11.7 Å². The number of fused-ring (bicyclic) bond motifs is 1. The van der Waals surface area contributed by atoms with Crippen LogP contribution < -0.4 is 5.32 Å². The number of hydrogen-bond donors (Lipinski definition) is 1. The third-order valence-corrected chi connectivity index (χ3v) is 3.85. The fourth-order valence-corrected chi connectivity index (χ4v) is 2.82. The number of benzene rings is 2. The SMILES string of the molecule is COC(=O)c1cc(F)ccc1NC1CCc2ccccc21. The van der Waals surface area contributed by atoms with Crippen molar-refractivity contribution in [2.45, 2.75) is 18.9 Å². The number of methoxy groups -OCH3 is 1. The quantitative estimate of drug-likeness (QED) is 0.874. The van der Waals surface area contributed by atoms with Gasteiger partial charge in [0.1, 0.15) is 5.82 Å². The number of ether oxygens (including phenoxy) is 1. The molecule has 0 saturated heterocycles. The lowest BCUT2D eigenvalue weighted by Gasteiger charge is -2.17. The van der Waals surface area contributed by atoms with Crippen LogP contribution in [0.5, 0.6) is 0 Å². The number of nitrogens with one attached hydrogen (secondary N) is 1. The molecular weight excluding hydrogens is 269 g/mol. The first-order valence-electron chi connectivity index (χ1n) is 6.91. The summed E-state index contributed by atoms with van der Waals surface area (Å²) in [6.07, 6.45) is 1.96. The van der Waals surface area contributed by atoms with Crippen molar-refractivity contribution in [3.8, 4) is 0 Å². The van der Waals surface area contributed by atoms with Gasteiger partial charge in [-0.3, -0.25) is 0 Å². The molecule has 2 aromatic rings. The van der Waals surface area contributed by atoms with Crippen LogP contribution in [0.4, 0.5) is 10.1 Å². The maximum Gasteiger partial charge on any atom is 0.340 e. The Labute approximate surface area is 122 Å². The molecular formula is C17H16FNO2. The summed E-state index contributed by atoms with van der Waals surface area (Å²) in [4.78, 5) is 11.8. The maximum absolute atomic E-state index is 13.4. The van der Waals surface area contributed by atoms with E-state index in [9.17, 15) is 9.18 Å². The van der Waals surface area contributed by atoms with Gasteiger partial charge in [-0.05, 0) is 42.2 Å². The molecule has 0 heterocycles. The monoisotopic (exact) mass is 285 g/mol. The minimum atomic E-state index is -0.539. The fraction of sp³-hybridized carbons (Fsp3) is 0.235. The van der Waals surface area contributed by atoms with E-state index < -0.39 is 11.8 Å². The predicted octanol–water partition coefficient (Wildman–Crippen LogP) is 3.71. The largest absolute Gasteiger partial charge is 0.465 e. The van der Waals surface area contributed by atoms with Crippen molar-refractivity contribution in [2.24, 2.45) is 0 Å². The average molecular weight is 285 g/mol. The molecule has 4 heteroatoms. The van der Waals surface area contributed by atoms with Gasteiger partial charge in [0.05, 0.1) is 18.7 Å². The third kappa shape index (κ3) is 2.61. The standard InChI is InChI=1S/C17H16FNO2/c1-21-17(20)14-10-12(18)7-9-16(14)19-15-8-6-11-4-2-3-5-13(11)15/h2-5,7,9-10,15,19H,6,8H2,1H3. The van der Waals surface area contributed by atoms with Crippen LogP contribution >= 0.6 is 0 Å². The van der Waals surface area contributed by atoms with Gasteiger partial charge in [-0.15, -0.1) is 0 Å². The summed E-state index contributed by atoms with van der Waals surface area (Å²) in [7, 11) is 1.29. The zero-order valence-corrected chi connectivity index (χ0v) is 11.7. The Hall–Kier alpha value is -2.36. The first-order chi connectivity index (χ1) is 10.2. The Kier molecular flexibility index (Phi) is 3.60. The number of anilines is 1. The highest BCUT2D eigenvalue weighted by Gasteiger charge is 2.23. The lowest BCUT2D eigenvalue weighted by Crippen LogP contribution is -2.12. The molecule has 0 amide bonds. The van der Waals surface area contributed by atoms with E-state index >= 15 is 0 Å². The summed E-state index contributed by atoms with van der Waals surface area (Å²) in [5.74, 6) is -0.990. The molecule has 0 bridgehead atoms. The molecule has 3 rings (SSSR count). The predicted molar refractivity (Wildman–Crippen MR) is 78.9 cm³/mol. The Morgan fingerprint density at radius 1 is 1.29 bits per heavy atom. The zero-order valence-electron chi connectivity index (χ0n) is 11.7. The van der Waals surface area contributed by atoms with E-state index in [0.717, 1.165) is 12.8 Å². The molecule has 0 aliphatic heterocycles. The number of hydrogen-bond acceptors (Lipinski definition) is 3. The molecule has 1 unspecified atom stereocenters. The lowest BCUT2D eigenvalue weighted by atomic mass is 10.1. The van der Waals surface area contributed by atoms with Crippen molar-refractivity contribution in [1.82, 2.24) is 0 Å². The van der Waals surface area contributed by atoms with E-state index in [-0.39, 0.29) is 11.6 Å². The molecule has 2 aromatic carbocycles. The maximum atomic E-state index is 13.4. The van der Waals surface area contributed by atoms with E-state index in [0.29, 0.717) is 5.69 Å². The molecule has 21 heavy (non-hydrogen) atoms. The van der Waals surface area contributed by atoms with Crippen molar-refractivity contribution in [1.29, 1.82) is 0 Å². The summed E-state index contributed by atoms with van der Waals surface area (Å²) in [5.41, 5.74) is 3.38. The Balaban J connectivity index is 1.91. The minimum absolute atomic E-state index is 0.134. The van der Waals surface area contributed by atoms with Gasteiger partial charge in [0.15, 0.2) is 0 Å². The van der Waals surface area contributed by atoms with Gasteiger partial charge >= 0.3 is 5.97 Å². The molecule has 1 aliphatic carbocycles. The van der Waals surface area contributed by atoms with Gasteiger partial charge in [-0.25, -0.2) is 9.18 Å². The van der Waals surface area contributed by atoms with Crippen molar-refractivity contribution < 1.29 is 13.9 Å². The molecule has 0 saturated carbocycles. The minimum Gasteiger partial charge on any atom is -0.465 e. The highest BCUT2D eigenvalue weighted by atomic mass is 19.1. The van der Waals surface area contributed by atoms with Gasteiger partial charge in [-0.1, -0.05) is 24.3 Å². The summed E-state index contributed by atoms with van der Waals surface area (Å²) in [6, 6.07) is 12.5.